The van der Waals surface area contributed by atoms with Crippen LogP contribution in [0, 0.1) is 0 Å². The van der Waals surface area contributed by atoms with Crippen LogP contribution in [0.5, 0.6) is 0 Å². The number of H-pyrrole nitrogens is 1. The molecule has 0 saturated carbocycles. The van der Waals surface area contributed by atoms with Gasteiger partial charge in [0.15, 0.2) is 11.6 Å². The number of rotatable bonds is 10. The van der Waals surface area contributed by atoms with Crippen molar-refractivity contribution in [2.75, 3.05) is 6.54 Å². The van der Waals surface area contributed by atoms with E-state index in [1.807, 2.05) is 22.9 Å². The van der Waals surface area contributed by atoms with Crippen molar-refractivity contribution in [3.63, 3.8) is 0 Å². The van der Waals surface area contributed by atoms with Gasteiger partial charge in [-0.05, 0) is 40.1 Å². The topological polar surface area (TPSA) is 111 Å². The molecule has 0 aliphatic rings. The van der Waals surface area contributed by atoms with Gasteiger partial charge in [-0.2, -0.15) is 5.10 Å². The Morgan fingerprint density at radius 2 is 1.77 bits per heavy atom. The van der Waals surface area contributed by atoms with Crippen LogP contribution in [0.2, 0.25) is 0 Å². The molecule has 3 N–H and O–H groups in total. The van der Waals surface area contributed by atoms with E-state index < -0.39 is 0 Å². The molecule has 2 heterocycles. The van der Waals surface area contributed by atoms with E-state index >= 15 is 0 Å². The van der Waals surface area contributed by atoms with E-state index in [0.717, 1.165) is 41.2 Å². The highest BCUT2D eigenvalue weighted by Gasteiger charge is 2.12. The Labute approximate surface area is 181 Å². The second kappa shape index (κ2) is 10.1. The predicted octanol–water partition coefficient (Wildman–Crippen LogP) is 3.41. The third kappa shape index (κ3) is 5.03. The third-order valence-corrected chi connectivity index (χ3v) is 5.29. The van der Waals surface area contributed by atoms with Gasteiger partial charge >= 0.3 is 0 Å². The normalized spacial score (nSPS) is 11.2. The minimum atomic E-state index is 0.563. The van der Waals surface area contributed by atoms with E-state index in [1.165, 1.54) is 18.4 Å². The van der Waals surface area contributed by atoms with Crippen molar-refractivity contribution in [2.45, 2.75) is 45.6 Å². The zero-order valence-corrected chi connectivity index (χ0v) is 17.8. The summed E-state index contributed by atoms with van der Waals surface area (Å²) in [5, 5.41) is 19.0. The zero-order valence-electron chi connectivity index (χ0n) is 17.8. The molecule has 0 unspecified atom stereocenters. The summed E-state index contributed by atoms with van der Waals surface area (Å²) in [5.74, 6) is 2.54. The maximum Gasteiger partial charge on any atom is 0.180 e. The molecule has 0 amide bonds. The Kier molecular flexibility index (Phi) is 6.78. The molecule has 0 atom stereocenters. The second-order valence-electron chi connectivity index (χ2n) is 7.59. The summed E-state index contributed by atoms with van der Waals surface area (Å²) in [6.45, 7) is 3.48. The standard InChI is InChI=1S/C23H28N8/c1-2-3-4-9-22-25-21(14-15-24)28-31(22)16-17-10-12-18(13-11-17)19-7-5-6-8-20(19)23-26-29-30-27-23/h5-8,10-13H,2-4,9,14-16,24H2,1H3,(H,26,27,29,30). The van der Waals surface area contributed by atoms with Crippen molar-refractivity contribution in [2.24, 2.45) is 5.73 Å². The number of nitrogens with one attached hydrogen (secondary N) is 1. The molecule has 0 aliphatic carbocycles. The number of aromatic nitrogens is 7. The minimum Gasteiger partial charge on any atom is -0.330 e. The lowest BCUT2D eigenvalue weighted by Crippen LogP contribution is -2.08. The fourth-order valence-electron chi connectivity index (χ4n) is 3.68. The van der Waals surface area contributed by atoms with Crippen molar-refractivity contribution in [1.29, 1.82) is 0 Å². The highest BCUT2D eigenvalue weighted by molar-refractivity contribution is 5.80. The van der Waals surface area contributed by atoms with Crippen LogP contribution in [-0.2, 0) is 19.4 Å². The second-order valence-corrected chi connectivity index (χ2v) is 7.59. The summed E-state index contributed by atoms with van der Waals surface area (Å²) in [4.78, 5) is 4.72. The predicted molar refractivity (Wildman–Crippen MR) is 120 cm³/mol. The van der Waals surface area contributed by atoms with E-state index in [4.69, 9.17) is 15.8 Å². The molecule has 4 rings (SSSR count). The number of nitrogens with two attached hydrogens (primary N) is 1. The van der Waals surface area contributed by atoms with Crippen molar-refractivity contribution in [1.82, 2.24) is 35.4 Å². The van der Waals surface area contributed by atoms with Gasteiger partial charge in [-0.1, -0.05) is 68.3 Å². The lowest BCUT2D eigenvalue weighted by molar-refractivity contribution is 0.604. The Morgan fingerprint density at radius 3 is 2.48 bits per heavy atom. The SMILES string of the molecule is CCCCCc1nc(CCN)nn1Cc1ccc(-c2ccccc2-c2nnn[nH]2)cc1. The molecule has 0 bridgehead atoms. The molecule has 2 aromatic heterocycles. The Hall–Kier alpha value is -3.39. The Morgan fingerprint density at radius 1 is 0.968 bits per heavy atom. The van der Waals surface area contributed by atoms with Crippen molar-refractivity contribution < 1.29 is 0 Å². The first-order valence-corrected chi connectivity index (χ1v) is 10.8. The minimum absolute atomic E-state index is 0.563. The maximum atomic E-state index is 5.71. The summed E-state index contributed by atoms with van der Waals surface area (Å²) in [5.41, 5.74) is 10.1. The highest BCUT2D eigenvalue weighted by Crippen LogP contribution is 2.29. The first-order chi connectivity index (χ1) is 15.3. The van der Waals surface area contributed by atoms with Gasteiger partial charge < -0.3 is 5.73 Å². The number of hydrogen-bond donors (Lipinski definition) is 2. The Bertz CT molecular complexity index is 1080. The smallest absolute Gasteiger partial charge is 0.180 e. The molecule has 0 radical (unpaired) electrons. The number of aryl methyl sites for hydroxylation is 1. The van der Waals surface area contributed by atoms with Gasteiger partial charge in [0, 0.05) is 18.4 Å². The first kappa shape index (κ1) is 20.9. The van der Waals surface area contributed by atoms with Crippen LogP contribution in [0.15, 0.2) is 48.5 Å². The van der Waals surface area contributed by atoms with Crippen LogP contribution < -0.4 is 5.73 Å². The summed E-state index contributed by atoms with van der Waals surface area (Å²) in [6, 6.07) is 16.7. The molecule has 0 saturated heterocycles. The van der Waals surface area contributed by atoms with E-state index in [0.29, 0.717) is 25.3 Å². The molecule has 8 nitrogen and oxygen atoms in total. The number of aromatic amines is 1. The largest absolute Gasteiger partial charge is 0.330 e. The molecule has 160 valence electrons. The molecule has 0 fully saturated rings. The van der Waals surface area contributed by atoms with Crippen LogP contribution in [0.1, 0.15) is 43.4 Å². The molecule has 4 aromatic rings. The molecular weight excluding hydrogens is 388 g/mol. The molecule has 2 aromatic carbocycles. The van der Waals surface area contributed by atoms with E-state index in [2.05, 4.69) is 57.9 Å². The van der Waals surface area contributed by atoms with Crippen molar-refractivity contribution in [3.8, 4) is 22.5 Å². The summed E-state index contributed by atoms with van der Waals surface area (Å²) in [7, 11) is 0. The van der Waals surface area contributed by atoms with Crippen LogP contribution >= 0.6 is 0 Å². The summed E-state index contributed by atoms with van der Waals surface area (Å²) < 4.78 is 2.03. The van der Waals surface area contributed by atoms with E-state index in [1.54, 1.807) is 0 Å². The lowest BCUT2D eigenvalue weighted by atomic mass is 9.98. The average Bonchev–Trinajstić information content (AvgIpc) is 3.46. The molecule has 0 aliphatic heterocycles. The number of benzene rings is 2. The lowest BCUT2D eigenvalue weighted by Gasteiger charge is -2.09. The van der Waals surface area contributed by atoms with Gasteiger partial charge in [0.25, 0.3) is 0 Å². The number of nitrogens with zero attached hydrogens (tertiary/aromatic N) is 6. The van der Waals surface area contributed by atoms with Crippen LogP contribution in [0.3, 0.4) is 0 Å². The first-order valence-electron chi connectivity index (χ1n) is 10.8. The third-order valence-electron chi connectivity index (χ3n) is 5.29. The zero-order chi connectivity index (χ0) is 21.5. The quantitative estimate of drug-likeness (QED) is 0.383. The summed E-state index contributed by atoms with van der Waals surface area (Å²) in [6.07, 6.45) is 5.18. The van der Waals surface area contributed by atoms with Crippen LogP contribution in [-0.4, -0.2) is 41.9 Å². The molecule has 0 spiro atoms. The van der Waals surface area contributed by atoms with Crippen LogP contribution in [0.25, 0.3) is 22.5 Å². The van der Waals surface area contributed by atoms with E-state index in [9.17, 15) is 0 Å². The number of hydrogen-bond acceptors (Lipinski definition) is 6. The van der Waals surface area contributed by atoms with Crippen molar-refractivity contribution >= 4 is 0 Å². The maximum absolute atomic E-state index is 5.71. The van der Waals surface area contributed by atoms with Gasteiger partial charge in [0.1, 0.15) is 5.82 Å². The fraction of sp³-hybridized carbons (Fsp3) is 0.348. The highest BCUT2D eigenvalue weighted by atomic mass is 15.5. The summed E-state index contributed by atoms with van der Waals surface area (Å²) >= 11 is 0. The molecule has 8 heteroatoms. The molecular formula is C23H28N8. The Balaban J connectivity index is 1.55. The van der Waals surface area contributed by atoms with Gasteiger partial charge in [0.2, 0.25) is 0 Å². The molecule has 31 heavy (non-hydrogen) atoms. The van der Waals surface area contributed by atoms with Crippen molar-refractivity contribution in [3.05, 3.63) is 65.7 Å². The number of tetrazole rings is 1. The average molecular weight is 417 g/mol. The van der Waals surface area contributed by atoms with E-state index in [-0.39, 0.29) is 0 Å². The number of unbranched alkanes of at least 4 members (excludes halogenated alkanes) is 2. The van der Waals surface area contributed by atoms with Crippen LogP contribution in [0.4, 0.5) is 0 Å². The van der Waals surface area contributed by atoms with Gasteiger partial charge in [-0.15, -0.1) is 5.10 Å². The van der Waals surface area contributed by atoms with Gasteiger partial charge in [-0.25, -0.2) is 14.8 Å². The fourth-order valence-corrected chi connectivity index (χ4v) is 3.68. The monoisotopic (exact) mass is 416 g/mol. The van der Waals surface area contributed by atoms with Gasteiger partial charge in [0.05, 0.1) is 6.54 Å². The van der Waals surface area contributed by atoms with Gasteiger partial charge in [-0.3, -0.25) is 0 Å².